The lowest BCUT2D eigenvalue weighted by Gasteiger charge is -2.23. The van der Waals surface area contributed by atoms with Crippen molar-refractivity contribution in [1.29, 1.82) is 0 Å². The number of piperidine rings is 1. The minimum absolute atomic E-state index is 0. The van der Waals surface area contributed by atoms with Gasteiger partial charge in [-0.2, -0.15) is 0 Å². The minimum Gasteiger partial charge on any atom is -0.317 e. The van der Waals surface area contributed by atoms with Crippen molar-refractivity contribution in [3.63, 3.8) is 0 Å². The number of hydrogen-bond acceptors (Lipinski definition) is 7. The van der Waals surface area contributed by atoms with E-state index in [0.717, 1.165) is 42.2 Å². The molecule has 1 aliphatic heterocycles. The number of hydrogen-bond donors (Lipinski definition) is 2. The van der Waals surface area contributed by atoms with Crippen LogP contribution in [0.4, 0.5) is 5.13 Å². The molecule has 0 saturated carbocycles. The second-order valence-corrected chi connectivity index (χ2v) is 8.17. The average molecular weight is 434 g/mol. The van der Waals surface area contributed by atoms with Crippen LogP contribution in [0.25, 0.3) is 10.6 Å². The van der Waals surface area contributed by atoms with Crippen LogP contribution >= 0.6 is 23.7 Å². The lowest BCUT2D eigenvalue weighted by Crippen LogP contribution is -2.30. The molecule has 8 nitrogen and oxygen atoms in total. The Labute approximate surface area is 179 Å². The van der Waals surface area contributed by atoms with Crippen LogP contribution in [0.5, 0.6) is 0 Å². The third-order valence-electron chi connectivity index (χ3n) is 4.91. The van der Waals surface area contributed by atoms with Crippen molar-refractivity contribution < 1.29 is 4.79 Å². The van der Waals surface area contributed by atoms with Gasteiger partial charge in [0.1, 0.15) is 5.01 Å². The molecule has 0 radical (unpaired) electrons. The van der Waals surface area contributed by atoms with E-state index in [4.69, 9.17) is 0 Å². The zero-order chi connectivity index (χ0) is 19.7. The van der Waals surface area contributed by atoms with Gasteiger partial charge in [-0.05, 0) is 58.8 Å². The van der Waals surface area contributed by atoms with Gasteiger partial charge >= 0.3 is 0 Å². The SMILES string of the molecule is Cc1cc(C)cc(-c2nnc(NC(=O)c3nnn(C4CCNCC4)c3C)s2)c1.Cl. The lowest BCUT2D eigenvalue weighted by atomic mass is 10.1. The molecule has 1 amide bonds. The van der Waals surface area contributed by atoms with E-state index in [1.165, 1.54) is 22.5 Å². The van der Waals surface area contributed by atoms with Crippen LogP contribution in [0.2, 0.25) is 0 Å². The number of rotatable bonds is 4. The predicted molar refractivity (Wildman–Crippen MR) is 116 cm³/mol. The molecule has 0 unspecified atom stereocenters. The number of amides is 1. The van der Waals surface area contributed by atoms with Crippen molar-refractivity contribution in [1.82, 2.24) is 30.5 Å². The molecule has 3 aromatic rings. The summed E-state index contributed by atoms with van der Waals surface area (Å²) >= 11 is 1.35. The fraction of sp³-hybridized carbons (Fsp3) is 0.421. The van der Waals surface area contributed by atoms with Crippen LogP contribution in [0.15, 0.2) is 18.2 Å². The summed E-state index contributed by atoms with van der Waals surface area (Å²) in [6.45, 7) is 7.90. The lowest BCUT2D eigenvalue weighted by molar-refractivity contribution is 0.102. The van der Waals surface area contributed by atoms with E-state index in [1.54, 1.807) is 0 Å². The number of carbonyl (C=O) groups excluding carboxylic acids is 1. The molecule has 2 aromatic heterocycles. The number of halogens is 1. The molecule has 0 aliphatic carbocycles. The summed E-state index contributed by atoms with van der Waals surface area (Å²) in [5.74, 6) is -0.305. The summed E-state index contributed by atoms with van der Waals surface area (Å²) in [4.78, 5) is 12.7. The molecule has 154 valence electrons. The summed E-state index contributed by atoms with van der Waals surface area (Å²) in [5, 5.41) is 24.0. The van der Waals surface area contributed by atoms with Crippen LogP contribution in [-0.4, -0.2) is 44.2 Å². The van der Waals surface area contributed by atoms with E-state index < -0.39 is 0 Å². The van der Waals surface area contributed by atoms with Crippen molar-refractivity contribution in [2.75, 3.05) is 18.4 Å². The van der Waals surface area contributed by atoms with E-state index in [-0.39, 0.29) is 24.4 Å². The minimum atomic E-state index is -0.305. The van der Waals surface area contributed by atoms with E-state index in [1.807, 2.05) is 11.6 Å². The van der Waals surface area contributed by atoms with Gasteiger partial charge < -0.3 is 5.32 Å². The number of aryl methyl sites for hydroxylation is 2. The van der Waals surface area contributed by atoms with Gasteiger partial charge in [0, 0.05) is 5.56 Å². The molecular weight excluding hydrogens is 410 g/mol. The molecule has 1 aromatic carbocycles. The van der Waals surface area contributed by atoms with Crippen LogP contribution in [-0.2, 0) is 0 Å². The van der Waals surface area contributed by atoms with E-state index in [9.17, 15) is 4.79 Å². The molecule has 10 heteroatoms. The Morgan fingerprint density at radius 3 is 2.48 bits per heavy atom. The smallest absolute Gasteiger partial charge is 0.279 e. The highest BCUT2D eigenvalue weighted by molar-refractivity contribution is 7.18. The Balaban J connectivity index is 0.00000240. The van der Waals surface area contributed by atoms with Gasteiger partial charge in [-0.25, -0.2) is 4.68 Å². The first-order valence-electron chi connectivity index (χ1n) is 9.37. The van der Waals surface area contributed by atoms with Crippen LogP contribution in [0, 0.1) is 20.8 Å². The van der Waals surface area contributed by atoms with Crippen LogP contribution < -0.4 is 10.6 Å². The molecule has 3 heterocycles. The van der Waals surface area contributed by atoms with Crippen LogP contribution in [0.3, 0.4) is 0 Å². The summed E-state index contributed by atoms with van der Waals surface area (Å²) in [6.07, 6.45) is 1.97. The zero-order valence-corrected chi connectivity index (χ0v) is 18.2. The second kappa shape index (κ2) is 8.98. The molecule has 1 aliphatic rings. The first-order valence-corrected chi connectivity index (χ1v) is 10.2. The standard InChI is InChI=1S/C19H23N7OS.ClH/c1-11-8-12(2)10-14(9-11)18-23-24-19(28-18)21-17(27)16-13(3)26(25-22-16)15-4-6-20-7-5-15;/h8-10,15,20H,4-7H2,1-3H3,(H,21,24,27);1H. The van der Waals surface area contributed by atoms with Crippen molar-refractivity contribution in [2.45, 2.75) is 39.7 Å². The first kappa shape index (κ1) is 21.4. The van der Waals surface area contributed by atoms with Crippen molar-refractivity contribution >= 4 is 34.8 Å². The monoisotopic (exact) mass is 433 g/mol. The highest BCUT2D eigenvalue weighted by Crippen LogP contribution is 2.28. The largest absolute Gasteiger partial charge is 0.317 e. The Bertz CT molecular complexity index is 990. The summed E-state index contributed by atoms with van der Waals surface area (Å²) in [5.41, 5.74) is 4.45. The van der Waals surface area contributed by atoms with Crippen LogP contribution in [0.1, 0.15) is 46.2 Å². The molecule has 0 atom stereocenters. The van der Waals surface area contributed by atoms with Crippen molar-refractivity contribution in [3.05, 3.63) is 40.7 Å². The normalized spacial score (nSPS) is 14.4. The van der Waals surface area contributed by atoms with Gasteiger partial charge in [0.05, 0.1) is 11.7 Å². The Morgan fingerprint density at radius 1 is 1.10 bits per heavy atom. The van der Waals surface area contributed by atoms with Gasteiger partial charge in [-0.15, -0.1) is 27.7 Å². The highest BCUT2D eigenvalue weighted by Gasteiger charge is 2.23. The third-order valence-corrected chi connectivity index (χ3v) is 5.80. The van der Waals surface area contributed by atoms with Crippen molar-refractivity contribution in [2.24, 2.45) is 0 Å². The number of anilines is 1. The molecule has 29 heavy (non-hydrogen) atoms. The predicted octanol–water partition coefficient (Wildman–Crippen LogP) is 3.32. The first-order chi connectivity index (χ1) is 13.5. The number of nitrogens with zero attached hydrogens (tertiary/aromatic N) is 5. The molecule has 1 saturated heterocycles. The summed E-state index contributed by atoms with van der Waals surface area (Å²) in [6, 6.07) is 6.52. The molecule has 0 spiro atoms. The topological polar surface area (TPSA) is 97.6 Å². The molecular formula is C19H24ClN7OS. The van der Waals surface area contributed by atoms with E-state index in [2.05, 4.69) is 63.2 Å². The van der Waals surface area contributed by atoms with Gasteiger partial charge in [-0.1, -0.05) is 33.7 Å². The van der Waals surface area contributed by atoms with E-state index >= 15 is 0 Å². The molecule has 0 bridgehead atoms. The Hall–Kier alpha value is -2.36. The second-order valence-electron chi connectivity index (χ2n) is 7.19. The third kappa shape index (κ3) is 4.63. The average Bonchev–Trinajstić information content (AvgIpc) is 3.28. The van der Waals surface area contributed by atoms with Gasteiger partial charge in [0.2, 0.25) is 5.13 Å². The summed E-state index contributed by atoms with van der Waals surface area (Å²) < 4.78 is 1.87. The Morgan fingerprint density at radius 2 is 1.79 bits per heavy atom. The van der Waals surface area contributed by atoms with E-state index in [0.29, 0.717) is 10.8 Å². The quantitative estimate of drug-likeness (QED) is 0.655. The fourth-order valence-electron chi connectivity index (χ4n) is 3.59. The fourth-order valence-corrected chi connectivity index (χ4v) is 4.32. The van der Waals surface area contributed by atoms with Crippen molar-refractivity contribution in [3.8, 4) is 10.6 Å². The maximum absolute atomic E-state index is 12.7. The Kier molecular flexibility index (Phi) is 6.61. The number of benzene rings is 1. The zero-order valence-electron chi connectivity index (χ0n) is 16.6. The van der Waals surface area contributed by atoms with Gasteiger partial charge in [0.15, 0.2) is 5.69 Å². The molecule has 1 fully saturated rings. The molecule has 4 rings (SSSR count). The maximum atomic E-state index is 12.7. The van der Waals surface area contributed by atoms with Gasteiger partial charge in [-0.3, -0.25) is 10.1 Å². The summed E-state index contributed by atoms with van der Waals surface area (Å²) in [7, 11) is 0. The number of carbonyl (C=O) groups is 1. The van der Waals surface area contributed by atoms with Gasteiger partial charge in [0.25, 0.3) is 5.91 Å². The molecule has 2 N–H and O–H groups in total. The number of nitrogens with one attached hydrogen (secondary N) is 2. The highest BCUT2D eigenvalue weighted by atomic mass is 35.5. The maximum Gasteiger partial charge on any atom is 0.279 e. The number of aromatic nitrogens is 5.